The summed E-state index contributed by atoms with van der Waals surface area (Å²) in [6, 6.07) is 1.60. The maximum absolute atomic E-state index is 11.9. The fourth-order valence-electron chi connectivity index (χ4n) is 1.18. The van der Waals surface area contributed by atoms with Gasteiger partial charge in [0.15, 0.2) is 0 Å². The van der Waals surface area contributed by atoms with Crippen molar-refractivity contribution in [3.05, 3.63) is 14.7 Å². The molecule has 1 rings (SSSR count). The molecule has 0 saturated heterocycles. The molecule has 1 aromatic rings. The van der Waals surface area contributed by atoms with Crippen LogP contribution >= 0.6 is 38.9 Å². The van der Waals surface area contributed by atoms with Gasteiger partial charge >= 0.3 is 0 Å². The van der Waals surface area contributed by atoms with Crippen molar-refractivity contribution >= 4 is 48.9 Å². The third-order valence-corrected chi connectivity index (χ3v) is 5.32. The minimum absolute atomic E-state index is 0.242. The number of rotatable bonds is 7. The Labute approximate surface area is 118 Å². The van der Waals surface area contributed by atoms with Gasteiger partial charge in [0.1, 0.15) is 0 Å². The van der Waals surface area contributed by atoms with Crippen molar-refractivity contribution in [2.45, 2.75) is 11.8 Å². The molecule has 0 spiro atoms. The summed E-state index contributed by atoms with van der Waals surface area (Å²) in [4.78, 5) is 1.07. The van der Waals surface area contributed by atoms with E-state index in [-0.39, 0.29) is 6.54 Å². The zero-order valence-electron chi connectivity index (χ0n) is 9.20. The minimum atomic E-state index is -3.44. The molecule has 0 aliphatic heterocycles. The lowest BCUT2D eigenvalue weighted by Gasteiger charge is -2.06. The van der Waals surface area contributed by atoms with Gasteiger partial charge in [-0.15, -0.1) is 22.9 Å². The average molecular weight is 363 g/mol. The van der Waals surface area contributed by atoms with Crippen LogP contribution in [0.3, 0.4) is 0 Å². The van der Waals surface area contributed by atoms with Gasteiger partial charge in [-0.05, 0) is 28.9 Å². The van der Waals surface area contributed by atoms with Crippen LogP contribution in [0.2, 0.25) is 0 Å². The Hall–Kier alpha value is 0.340. The Balaban J connectivity index is 2.54. The van der Waals surface area contributed by atoms with E-state index in [1.54, 1.807) is 13.0 Å². The van der Waals surface area contributed by atoms with Crippen LogP contribution in [-0.4, -0.2) is 34.1 Å². The molecule has 1 heterocycles. The summed E-state index contributed by atoms with van der Waals surface area (Å²) in [6.45, 7) is 2.75. The van der Waals surface area contributed by atoms with Crippen LogP contribution in [0.1, 0.15) is 4.88 Å². The highest BCUT2D eigenvalue weighted by atomic mass is 79.9. The van der Waals surface area contributed by atoms with E-state index in [1.807, 2.05) is 0 Å². The van der Waals surface area contributed by atoms with E-state index in [2.05, 4.69) is 20.7 Å². The average Bonchev–Trinajstić information content (AvgIpc) is 2.58. The van der Waals surface area contributed by atoms with Crippen molar-refractivity contribution < 1.29 is 13.2 Å². The molecule has 0 amide bonds. The van der Waals surface area contributed by atoms with Gasteiger partial charge < -0.3 is 4.74 Å². The maximum atomic E-state index is 11.9. The van der Waals surface area contributed by atoms with Crippen molar-refractivity contribution in [1.29, 1.82) is 0 Å². The molecule has 0 aromatic carbocycles. The van der Waals surface area contributed by atoms with Crippen LogP contribution in [0, 0.1) is 6.92 Å². The quantitative estimate of drug-likeness (QED) is 0.598. The molecule has 0 aliphatic rings. The largest absolute Gasteiger partial charge is 0.379 e. The van der Waals surface area contributed by atoms with Crippen LogP contribution in [-0.2, 0) is 14.8 Å². The lowest BCUT2D eigenvalue weighted by molar-refractivity contribution is 0.155. The standard InChI is InChI=1S/C9H13BrClNO3S2/c1-7-8(6-9(10)16-7)17(13,14)12-3-5-15-4-2-11/h6,12H,2-5H2,1H3. The van der Waals surface area contributed by atoms with E-state index >= 15 is 0 Å². The molecule has 17 heavy (non-hydrogen) atoms. The Kier molecular flexibility index (Phi) is 6.39. The minimum Gasteiger partial charge on any atom is -0.379 e. The van der Waals surface area contributed by atoms with Gasteiger partial charge in [0.05, 0.1) is 21.9 Å². The van der Waals surface area contributed by atoms with E-state index < -0.39 is 10.0 Å². The van der Waals surface area contributed by atoms with Crippen molar-refractivity contribution in [3.8, 4) is 0 Å². The summed E-state index contributed by atoms with van der Waals surface area (Å²) < 4.78 is 32.1. The van der Waals surface area contributed by atoms with Crippen molar-refractivity contribution in [2.75, 3.05) is 25.6 Å². The molecule has 0 bridgehead atoms. The fourth-order valence-corrected chi connectivity index (χ4v) is 4.71. The monoisotopic (exact) mass is 361 g/mol. The Morgan fingerprint density at radius 3 is 2.76 bits per heavy atom. The molecule has 0 saturated carbocycles. The molecular weight excluding hydrogens is 350 g/mol. The third kappa shape index (κ3) is 4.84. The van der Waals surface area contributed by atoms with E-state index in [4.69, 9.17) is 16.3 Å². The summed E-state index contributed by atoms with van der Waals surface area (Å²) in [5, 5.41) is 0. The van der Waals surface area contributed by atoms with E-state index in [1.165, 1.54) is 11.3 Å². The molecule has 8 heteroatoms. The lowest BCUT2D eigenvalue weighted by Crippen LogP contribution is -2.27. The number of alkyl halides is 1. The van der Waals surface area contributed by atoms with Crippen LogP contribution < -0.4 is 4.72 Å². The molecular formula is C9H13BrClNO3S2. The topological polar surface area (TPSA) is 55.4 Å². The van der Waals surface area contributed by atoms with Crippen molar-refractivity contribution in [2.24, 2.45) is 0 Å². The van der Waals surface area contributed by atoms with Gasteiger partial charge in [0, 0.05) is 17.3 Å². The Morgan fingerprint density at radius 2 is 2.24 bits per heavy atom. The summed E-state index contributed by atoms with van der Waals surface area (Å²) in [7, 11) is -3.44. The van der Waals surface area contributed by atoms with Crippen molar-refractivity contribution in [3.63, 3.8) is 0 Å². The number of hydrogen-bond donors (Lipinski definition) is 1. The highest BCUT2D eigenvalue weighted by Gasteiger charge is 2.18. The first-order valence-electron chi connectivity index (χ1n) is 4.86. The smallest absolute Gasteiger partial charge is 0.241 e. The predicted molar refractivity (Wildman–Crippen MR) is 73.5 cm³/mol. The zero-order valence-corrected chi connectivity index (χ0v) is 13.2. The van der Waals surface area contributed by atoms with Crippen LogP contribution in [0.15, 0.2) is 14.7 Å². The number of aryl methyl sites for hydroxylation is 1. The van der Waals surface area contributed by atoms with E-state index in [0.717, 1.165) is 8.66 Å². The van der Waals surface area contributed by atoms with Crippen LogP contribution in [0.5, 0.6) is 0 Å². The Bertz CT molecular complexity index is 461. The van der Waals surface area contributed by atoms with Gasteiger partial charge in [-0.3, -0.25) is 0 Å². The first-order valence-corrected chi connectivity index (χ1v) is 8.49. The first kappa shape index (κ1) is 15.4. The molecule has 1 N–H and O–H groups in total. The van der Waals surface area contributed by atoms with E-state index in [9.17, 15) is 8.42 Å². The summed E-state index contributed by atoms with van der Waals surface area (Å²) in [6.07, 6.45) is 0. The first-order chi connectivity index (χ1) is 7.97. The maximum Gasteiger partial charge on any atom is 0.241 e. The molecule has 98 valence electrons. The van der Waals surface area contributed by atoms with Gasteiger partial charge in [-0.2, -0.15) is 0 Å². The summed E-state index contributed by atoms with van der Waals surface area (Å²) in [5.74, 6) is 0.406. The number of hydrogen-bond acceptors (Lipinski definition) is 4. The summed E-state index contributed by atoms with van der Waals surface area (Å²) in [5.41, 5.74) is 0. The molecule has 1 aromatic heterocycles. The zero-order chi connectivity index (χ0) is 12.9. The van der Waals surface area contributed by atoms with Gasteiger partial charge in [0.25, 0.3) is 0 Å². The molecule has 0 atom stereocenters. The SMILES string of the molecule is Cc1sc(Br)cc1S(=O)(=O)NCCOCCCl. The fraction of sp³-hybridized carbons (Fsp3) is 0.556. The van der Waals surface area contributed by atoms with E-state index in [0.29, 0.717) is 24.0 Å². The number of sulfonamides is 1. The second-order valence-corrected chi connectivity index (χ2v) is 7.92. The molecule has 0 radical (unpaired) electrons. The molecule has 0 unspecified atom stereocenters. The van der Waals surface area contributed by atoms with Crippen molar-refractivity contribution in [1.82, 2.24) is 4.72 Å². The van der Waals surface area contributed by atoms with Crippen LogP contribution in [0.25, 0.3) is 0 Å². The van der Waals surface area contributed by atoms with Gasteiger partial charge in [-0.25, -0.2) is 13.1 Å². The second-order valence-electron chi connectivity index (χ2n) is 3.17. The number of ether oxygens (including phenoxy) is 1. The third-order valence-electron chi connectivity index (χ3n) is 1.89. The molecule has 4 nitrogen and oxygen atoms in total. The predicted octanol–water partition coefficient (Wildman–Crippen LogP) is 2.35. The second kappa shape index (κ2) is 7.06. The molecule has 0 fully saturated rings. The lowest BCUT2D eigenvalue weighted by atomic mass is 10.5. The summed E-state index contributed by atoms with van der Waals surface area (Å²) >= 11 is 10.1. The Morgan fingerprint density at radius 1 is 1.53 bits per heavy atom. The van der Waals surface area contributed by atoms with Gasteiger partial charge in [0.2, 0.25) is 10.0 Å². The number of halogens is 2. The highest BCUT2D eigenvalue weighted by molar-refractivity contribution is 9.11. The number of nitrogens with one attached hydrogen (secondary N) is 1. The van der Waals surface area contributed by atoms with Gasteiger partial charge in [-0.1, -0.05) is 0 Å². The molecule has 0 aliphatic carbocycles. The highest BCUT2D eigenvalue weighted by Crippen LogP contribution is 2.29. The number of thiophene rings is 1. The normalized spacial score (nSPS) is 11.9. The van der Waals surface area contributed by atoms with Crippen LogP contribution in [0.4, 0.5) is 0 Å².